The molecule has 114 valence electrons. The summed E-state index contributed by atoms with van der Waals surface area (Å²) in [5, 5.41) is 12.8. The van der Waals surface area contributed by atoms with Crippen LogP contribution in [0.5, 0.6) is 5.75 Å². The van der Waals surface area contributed by atoms with Crippen LogP contribution in [0.2, 0.25) is 0 Å². The lowest BCUT2D eigenvalue weighted by Crippen LogP contribution is -2.08. The Labute approximate surface area is 138 Å². The first-order valence-electron chi connectivity index (χ1n) is 6.92. The molecule has 4 nitrogen and oxygen atoms in total. The maximum atomic E-state index is 11.3. The van der Waals surface area contributed by atoms with E-state index < -0.39 is 0 Å². The fourth-order valence-electron chi connectivity index (χ4n) is 1.88. The van der Waals surface area contributed by atoms with Gasteiger partial charge in [-0.15, -0.1) is 0 Å². The number of nitrogens with zero attached hydrogens (tertiary/aromatic N) is 1. The molecule has 0 aliphatic carbocycles. The van der Waals surface area contributed by atoms with Gasteiger partial charge in [0, 0.05) is 28.4 Å². The summed E-state index contributed by atoms with van der Waals surface area (Å²) in [6.45, 7) is 3.64. The highest BCUT2D eigenvalue weighted by atomic mass is 79.9. The molecule has 0 aromatic heterocycles. The van der Waals surface area contributed by atoms with Crippen LogP contribution < -0.4 is 5.32 Å². The van der Waals surface area contributed by atoms with E-state index in [1.165, 1.54) is 0 Å². The van der Waals surface area contributed by atoms with Crippen LogP contribution >= 0.6 is 15.9 Å². The summed E-state index contributed by atoms with van der Waals surface area (Å²) in [5.41, 5.74) is 2.92. The summed E-state index contributed by atoms with van der Waals surface area (Å²) < 4.78 is 0.891. The van der Waals surface area contributed by atoms with Crippen molar-refractivity contribution in [2.75, 3.05) is 5.32 Å². The molecule has 2 rings (SSSR count). The zero-order valence-electron chi connectivity index (χ0n) is 12.4. The Kier molecular flexibility index (Phi) is 5.33. The van der Waals surface area contributed by atoms with Crippen LogP contribution in [0, 0.1) is 6.92 Å². The summed E-state index contributed by atoms with van der Waals surface area (Å²) in [7, 11) is 0. The quantitative estimate of drug-likeness (QED) is 0.784. The first-order chi connectivity index (χ1) is 10.5. The van der Waals surface area contributed by atoms with Crippen LogP contribution in [0.1, 0.15) is 24.5 Å². The second-order valence-corrected chi connectivity index (χ2v) is 5.78. The van der Waals surface area contributed by atoms with E-state index in [-0.39, 0.29) is 11.7 Å². The van der Waals surface area contributed by atoms with Gasteiger partial charge in [0.2, 0.25) is 5.91 Å². The van der Waals surface area contributed by atoms with Gasteiger partial charge in [-0.2, -0.15) is 0 Å². The number of aromatic hydroxyl groups is 1. The van der Waals surface area contributed by atoms with Crippen LogP contribution in [0.4, 0.5) is 11.4 Å². The number of aliphatic imine (C=N–C) groups is 1. The predicted octanol–water partition coefficient (Wildman–Crippen LogP) is 4.56. The van der Waals surface area contributed by atoms with Crippen LogP contribution in [0.15, 0.2) is 45.9 Å². The van der Waals surface area contributed by atoms with E-state index in [0.29, 0.717) is 12.0 Å². The third kappa shape index (κ3) is 4.18. The molecule has 0 spiro atoms. The number of hydrogen-bond acceptors (Lipinski definition) is 3. The number of anilines is 1. The third-order valence-corrected chi connectivity index (χ3v) is 3.58. The molecule has 0 aliphatic rings. The number of phenols is 1. The number of nitrogens with one attached hydrogen (secondary N) is 1. The number of carbonyl (C=O) groups excluding carboxylic acids is 1. The standard InChI is InChI=1S/C17H17BrN2O2/c1-3-16(21)20-15-6-4-14(5-7-15)19-10-12-9-13(18)8-11(2)17(12)22/h4-10,22H,3H2,1-2H3,(H,20,21). The minimum Gasteiger partial charge on any atom is -0.507 e. The zero-order chi connectivity index (χ0) is 16.1. The lowest BCUT2D eigenvalue weighted by Gasteiger charge is -2.05. The van der Waals surface area contributed by atoms with Crippen molar-refractivity contribution < 1.29 is 9.90 Å². The number of phenolic OH excluding ortho intramolecular Hbond substituents is 1. The average molecular weight is 361 g/mol. The molecule has 0 fully saturated rings. The van der Waals surface area contributed by atoms with Gasteiger partial charge in [0.1, 0.15) is 5.75 Å². The summed E-state index contributed by atoms with van der Waals surface area (Å²) >= 11 is 3.40. The molecule has 0 heterocycles. The number of rotatable bonds is 4. The van der Waals surface area contributed by atoms with E-state index >= 15 is 0 Å². The number of benzene rings is 2. The molecule has 2 N–H and O–H groups in total. The maximum Gasteiger partial charge on any atom is 0.224 e. The molecule has 0 atom stereocenters. The second-order valence-electron chi connectivity index (χ2n) is 4.87. The van der Waals surface area contributed by atoms with E-state index in [9.17, 15) is 9.90 Å². The van der Waals surface area contributed by atoms with Crippen LogP contribution in [0.25, 0.3) is 0 Å². The highest BCUT2D eigenvalue weighted by Crippen LogP contribution is 2.26. The molecule has 0 aliphatic heterocycles. The van der Waals surface area contributed by atoms with Crippen LogP contribution in [0.3, 0.4) is 0 Å². The molecule has 0 radical (unpaired) electrons. The monoisotopic (exact) mass is 360 g/mol. The number of halogens is 1. The minimum absolute atomic E-state index is 0.0224. The Hall–Kier alpha value is -2.14. The van der Waals surface area contributed by atoms with Crippen LogP contribution in [-0.2, 0) is 4.79 Å². The van der Waals surface area contributed by atoms with Gasteiger partial charge >= 0.3 is 0 Å². The fraction of sp³-hybridized carbons (Fsp3) is 0.176. The second kappa shape index (κ2) is 7.22. The first-order valence-corrected chi connectivity index (χ1v) is 7.72. The summed E-state index contributed by atoms with van der Waals surface area (Å²) in [6, 6.07) is 10.9. The number of aryl methyl sites for hydroxylation is 1. The zero-order valence-corrected chi connectivity index (χ0v) is 14.0. The van der Waals surface area contributed by atoms with Gasteiger partial charge in [0.25, 0.3) is 0 Å². The van der Waals surface area contributed by atoms with Crippen molar-refractivity contribution >= 4 is 39.4 Å². The molecule has 0 unspecified atom stereocenters. The summed E-state index contributed by atoms with van der Waals surface area (Å²) in [4.78, 5) is 15.6. The molecule has 5 heteroatoms. The molecule has 1 amide bonds. The molecular formula is C17H17BrN2O2. The lowest BCUT2D eigenvalue weighted by atomic mass is 10.1. The van der Waals surface area contributed by atoms with Crippen molar-refractivity contribution in [2.24, 2.45) is 4.99 Å². The van der Waals surface area contributed by atoms with E-state index in [4.69, 9.17) is 0 Å². The Bertz CT molecular complexity index is 709. The molecule has 0 bridgehead atoms. The van der Waals surface area contributed by atoms with Gasteiger partial charge < -0.3 is 10.4 Å². The molecule has 0 saturated carbocycles. The third-order valence-electron chi connectivity index (χ3n) is 3.12. The van der Waals surface area contributed by atoms with E-state index in [2.05, 4.69) is 26.2 Å². The van der Waals surface area contributed by atoms with Crippen molar-refractivity contribution in [2.45, 2.75) is 20.3 Å². The fourth-order valence-corrected chi connectivity index (χ4v) is 2.47. The van der Waals surface area contributed by atoms with E-state index in [1.54, 1.807) is 25.3 Å². The predicted molar refractivity (Wildman–Crippen MR) is 93.2 cm³/mol. The van der Waals surface area contributed by atoms with Crippen molar-refractivity contribution in [1.82, 2.24) is 0 Å². The molecule has 2 aromatic rings. The molecule has 2 aromatic carbocycles. The van der Waals surface area contributed by atoms with Crippen molar-refractivity contribution in [3.63, 3.8) is 0 Å². The molecular weight excluding hydrogens is 344 g/mol. The SMILES string of the molecule is CCC(=O)Nc1ccc(N=Cc2cc(Br)cc(C)c2O)cc1. The number of hydrogen-bond donors (Lipinski definition) is 2. The van der Waals surface area contributed by atoms with Gasteiger partial charge in [-0.3, -0.25) is 9.79 Å². The van der Waals surface area contributed by atoms with Gasteiger partial charge in [-0.05, 0) is 48.9 Å². The smallest absolute Gasteiger partial charge is 0.224 e. The van der Waals surface area contributed by atoms with Crippen molar-refractivity contribution in [3.8, 4) is 5.75 Å². The topological polar surface area (TPSA) is 61.7 Å². The highest BCUT2D eigenvalue weighted by molar-refractivity contribution is 9.10. The molecule has 0 saturated heterocycles. The Morgan fingerprint density at radius 3 is 2.64 bits per heavy atom. The Morgan fingerprint density at radius 1 is 1.32 bits per heavy atom. The van der Waals surface area contributed by atoms with Gasteiger partial charge in [-0.1, -0.05) is 22.9 Å². The Balaban J connectivity index is 2.15. The van der Waals surface area contributed by atoms with Crippen molar-refractivity contribution in [3.05, 3.63) is 52.0 Å². The normalized spacial score (nSPS) is 10.9. The lowest BCUT2D eigenvalue weighted by molar-refractivity contribution is -0.115. The Morgan fingerprint density at radius 2 is 2.00 bits per heavy atom. The summed E-state index contributed by atoms with van der Waals surface area (Å²) in [6.07, 6.45) is 2.06. The largest absolute Gasteiger partial charge is 0.507 e. The highest BCUT2D eigenvalue weighted by Gasteiger charge is 2.04. The maximum absolute atomic E-state index is 11.3. The van der Waals surface area contributed by atoms with Gasteiger partial charge in [0.05, 0.1) is 5.69 Å². The van der Waals surface area contributed by atoms with E-state index in [0.717, 1.165) is 21.4 Å². The summed E-state index contributed by atoms with van der Waals surface area (Å²) in [5.74, 6) is 0.199. The average Bonchev–Trinajstić information content (AvgIpc) is 2.50. The molecule has 22 heavy (non-hydrogen) atoms. The number of carbonyl (C=O) groups is 1. The van der Waals surface area contributed by atoms with Gasteiger partial charge in [0.15, 0.2) is 0 Å². The van der Waals surface area contributed by atoms with Crippen molar-refractivity contribution in [1.29, 1.82) is 0 Å². The van der Waals surface area contributed by atoms with E-state index in [1.807, 2.05) is 31.2 Å². The van der Waals surface area contributed by atoms with Crippen LogP contribution in [-0.4, -0.2) is 17.2 Å². The minimum atomic E-state index is -0.0224. The number of amides is 1. The first kappa shape index (κ1) is 16.2. The van der Waals surface area contributed by atoms with Gasteiger partial charge in [-0.25, -0.2) is 0 Å².